The van der Waals surface area contributed by atoms with Crippen molar-refractivity contribution in [3.8, 4) is 0 Å². The van der Waals surface area contributed by atoms with Crippen molar-refractivity contribution in [3.63, 3.8) is 0 Å². The van der Waals surface area contributed by atoms with Crippen LogP contribution >= 0.6 is 11.3 Å². The Morgan fingerprint density at radius 1 is 1.44 bits per heavy atom. The molecule has 0 spiro atoms. The normalized spacial score (nSPS) is 11.9. The summed E-state index contributed by atoms with van der Waals surface area (Å²) in [7, 11) is 0. The van der Waals surface area contributed by atoms with Crippen molar-refractivity contribution in [2.75, 3.05) is 0 Å². The maximum Gasteiger partial charge on any atom is 0.331 e. The summed E-state index contributed by atoms with van der Waals surface area (Å²) in [5, 5.41) is 11.3. The molecule has 0 aliphatic carbocycles. The number of nitrogens with zero attached hydrogens (tertiary/aromatic N) is 1. The number of nitrogens with one attached hydrogen (secondary N) is 1. The van der Waals surface area contributed by atoms with Gasteiger partial charge in [0.05, 0.1) is 12.1 Å². The van der Waals surface area contributed by atoms with Gasteiger partial charge in [-0.3, -0.25) is 9.78 Å². The lowest BCUT2D eigenvalue weighted by Gasteiger charge is -2.05. The van der Waals surface area contributed by atoms with Gasteiger partial charge >= 0.3 is 5.97 Å². The summed E-state index contributed by atoms with van der Waals surface area (Å²) < 4.78 is 0. The summed E-state index contributed by atoms with van der Waals surface area (Å²) in [4.78, 5) is 27.0. The number of aliphatic carboxylic acids is 1. The van der Waals surface area contributed by atoms with Crippen molar-refractivity contribution >= 4 is 23.2 Å². The molecule has 0 aliphatic heterocycles. The van der Waals surface area contributed by atoms with Crippen LogP contribution < -0.4 is 5.32 Å². The highest BCUT2D eigenvalue weighted by Gasteiger charge is 2.12. The van der Waals surface area contributed by atoms with Gasteiger partial charge < -0.3 is 10.4 Å². The van der Waals surface area contributed by atoms with Crippen molar-refractivity contribution < 1.29 is 14.7 Å². The number of hydrogen-bond donors (Lipinski definition) is 2. The van der Waals surface area contributed by atoms with Crippen LogP contribution in [0.3, 0.4) is 0 Å². The molecule has 1 amide bonds. The minimum atomic E-state index is -1.08. The predicted molar refractivity (Wildman–Crippen MR) is 60.0 cm³/mol. The van der Waals surface area contributed by atoms with Crippen LogP contribution in [0, 0.1) is 0 Å². The molecule has 86 valence electrons. The van der Waals surface area contributed by atoms with E-state index < -0.39 is 5.97 Å². The van der Waals surface area contributed by atoms with Gasteiger partial charge in [-0.15, -0.1) is 11.3 Å². The summed E-state index contributed by atoms with van der Waals surface area (Å²) in [6, 6.07) is 0. The van der Waals surface area contributed by atoms with Gasteiger partial charge in [0.15, 0.2) is 0 Å². The molecule has 1 rings (SSSR count). The van der Waals surface area contributed by atoms with Crippen molar-refractivity contribution in [1.82, 2.24) is 10.3 Å². The summed E-state index contributed by atoms with van der Waals surface area (Å²) in [6.07, 6.45) is 1.66. The molecular weight excluding hydrogens is 228 g/mol. The Hall–Kier alpha value is -1.69. The Morgan fingerprint density at radius 2 is 2.12 bits per heavy atom. The van der Waals surface area contributed by atoms with E-state index in [2.05, 4.69) is 10.3 Å². The highest BCUT2D eigenvalue weighted by atomic mass is 32.1. The zero-order valence-electron chi connectivity index (χ0n) is 8.98. The van der Waals surface area contributed by atoms with Crippen LogP contribution in [-0.4, -0.2) is 22.0 Å². The number of carbonyl (C=O) groups is 2. The molecule has 0 unspecified atom stereocenters. The molecular formula is C10H12N2O3S. The van der Waals surface area contributed by atoms with Gasteiger partial charge in [-0.1, -0.05) is 0 Å². The van der Waals surface area contributed by atoms with Crippen molar-refractivity contribution in [2.24, 2.45) is 0 Å². The number of carboxylic acid groups (broad SMARTS) is 1. The standard InChI is InChI=1S/C10H12N2O3S/c1-6(7(2)10(14)15)9(13)12-4-8-3-11-5-16-8/h3,5H,4H2,1-2H3,(H,12,13)(H,14,15). The number of thiazole rings is 1. The maximum absolute atomic E-state index is 11.5. The second-order valence-corrected chi connectivity index (χ2v) is 4.18. The minimum Gasteiger partial charge on any atom is -0.478 e. The number of carbonyl (C=O) groups excluding carboxylic acids is 1. The second-order valence-electron chi connectivity index (χ2n) is 3.21. The maximum atomic E-state index is 11.5. The Bertz CT molecular complexity index is 423. The smallest absolute Gasteiger partial charge is 0.331 e. The van der Waals surface area contributed by atoms with Crippen LogP contribution in [-0.2, 0) is 16.1 Å². The topological polar surface area (TPSA) is 79.3 Å². The zero-order chi connectivity index (χ0) is 12.1. The lowest BCUT2D eigenvalue weighted by molar-refractivity contribution is -0.133. The Labute approximate surface area is 96.8 Å². The third-order valence-electron chi connectivity index (χ3n) is 2.13. The molecule has 1 heterocycles. The van der Waals surface area contributed by atoms with E-state index in [4.69, 9.17) is 5.11 Å². The van der Waals surface area contributed by atoms with E-state index in [1.54, 1.807) is 11.7 Å². The number of aromatic nitrogens is 1. The van der Waals surface area contributed by atoms with E-state index in [-0.39, 0.29) is 17.1 Å². The molecule has 1 aromatic heterocycles. The molecule has 0 saturated heterocycles. The summed E-state index contributed by atoms with van der Waals surface area (Å²) in [6.45, 7) is 3.27. The van der Waals surface area contributed by atoms with Crippen LogP contribution in [0.25, 0.3) is 0 Å². The minimum absolute atomic E-state index is 0.0572. The van der Waals surface area contributed by atoms with E-state index in [0.717, 1.165) is 4.88 Å². The first kappa shape index (κ1) is 12.4. The average molecular weight is 240 g/mol. The molecule has 2 N–H and O–H groups in total. The molecule has 5 nitrogen and oxygen atoms in total. The highest BCUT2D eigenvalue weighted by Crippen LogP contribution is 2.07. The van der Waals surface area contributed by atoms with Crippen molar-refractivity contribution in [2.45, 2.75) is 20.4 Å². The van der Waals surface area contributed by atoms with Gasteiger partial charge in [0, 0.05) is 22.2 Å². The largest absolute Gasteiger partial charge is 0.478 e. The summed E-state index contributed by atoms with van der Waals surface area (Å²) >= 11 is 1.43. The number of carboxylic acids is 1. The summed E-state index contributed by atoms with van der Waals surface area (Å²) in [5.41, 5.74) is 1.95. The van der Waals surface area contributed by atoms with E-state index in [1.165, 1.54) is 25.2 Å². The number of hydrogen-bond acceptors (Lipinski definition) is 4. The van der Waals surface area contributed by atoms with Gasteiger partial charge in [-0.2, -0.15) is 0 Å². The van der Waals surface area contributed by atoms with Crippen LogP contribution in [0.2, 0.25) is 0 Å². The fourth-order valence-electron chi connectivity index (χ4n) is 0.960. The Balaban J connectivity index is 2.59. The fourth-order valence-corrected chi connectivity index (χ4v) is 1.49. The monoisotopic (exact) mass is 240 g/mol. The molecule has 6 heteroatoms. The lowest BCUT2D eigenvalue weighted by Crippen LogP contribution is -2.24. The highest BCUT2D eigenvalue weighted by molar-refractivity contribution is 7.09. The van der Waals surface area contributed by atoms with Gasteiger partial charge in [-0.05, 0) is 13.8 Å². The third kappa shape index (κ3) is 3.16. The first-order chi connectivity index (χ1) is 7.52. The molecule has 0 fully saturated rings. The summed E-state index contributed by atoms with van der Waals surface area (Å²) in [5.74, 6) is -1.45. The lowest BCUT2D eigenvalue weighted by atomic mass is 10.1. The van der Waals surface area contributed by atoms with Crippen LogP contribution in [0.1, 0.15) is 18.7 Å². The molecule has 0 atom stereocenters. The predicted octanol–water partition coefficient (Wildman–Crippen LogP) is 1.18. The first-order valence-electron chi connectivity index (χ1n) is 4.58. The van der Waals surface area contributed by atoms with Gasteiger partial charge in [-0.25, -0.2) is 4.79 Å². The van der Waals surface area contributed by atoms with E-state index in [0.29, 0.717) is 6.54 Å². The molecule has 0 saturated carbocycles. The molecule has 1 aromatic rings. The van der Waals surface area contributed by atoms with E-state index in [1.807, 2.05) is 0 Å². The van der Waals surface area contributed by atoms with Gasteiger partial charge in [0.1, 0.15) is 0 Å². The van der Waals surface area contributed by atoms with Crippen molar-refractivity contribution in [3.05, 3.63) is 27.7 Å². The van der Waals surface area contributed by atoms with Gasteiger partial charge in [0.25, 0.3) is 0 Å². The zero-order valence-corrected chi connectivity index (χ0v) is 9.80. The van der Waals surface area contributed by atoms with E-state index >= 15 is 0 Å². The second kappa shape index (κ2) is 5.41. The quantitative estimate of drug-likeness (QED) is 0.774. The average Bonchev–Trinajstić information content (AvgIpc) is 2.76. The number of amides is 1. The molecule has 0 bridgehead atoms. The van der Waals surface area contributed by atoms with Crippen LogP contribution in [0.5, 0.6) is 0 Å². The first-order valence-corrected chi connectivity index (χ1v) is 5.46. The molecule has 0 radical (unpaired) electrons. The van der Waals surface area contributed by atoms with Crippen molar-refractivity contribution in [1.29, 1.82) is 0 Å². The van der Waals surface area contributed by atoms with Crippen LogP contribution in [0.4, 0.5) is 0 Å². The molecule has 0 aliphatic rings. The fraction of sp³-hybridized carbons (Fsp3) is 0.300. The van der Waals surface area contributed by atoms with Gasteiger partial charge in [0.2, 0.25) is 5.91 Å². The molecule has 16 heavy (non-hydrogen) atoms. The SMILES string of the molecule is CC(C(=O)O)=C(C)C(=O)NCc1cncs1. The third-order valence-corrected chi connectivity index (χ3v) is 2.91. The number of rotatable bonds is 4. The Morgan fingerprint density at radius 3 is 2.62 bits per heavy atom. The molecule has 0 aromatic carbocycles. The van der Waals surface area contributed by atoms with E-state index in [9.17, 15) is 9.59 Å². The van der Waals surface area contributed by atoms with Crippen LogP contribution in [0.15, 0.2) is 22.9 Å². The Kier molecular flexibility index (Phi) is 4.19.